The van der Waals surface area contributed by atoms with Gasteiger partial charge in [-0.05, 0) is 180 Å². The summed E-state index contributed by atoms with van der Waals surface area (Å²) in [7, 11) is 0. The predicted octanol–water partition coefficient (Wildman–Crippen LogP) is 27.2. The van der Waals surface area contributed by atoms with Crippen molar-refractivity contribution in [2.75, 3.05) is 52.5 Å². The van der Waals surface area contributed by atoms with Gasteiger partial charge < -0.3 is 14.9 Å². The van der Waals surface area contributed by atoms with Crippen LogP contribution in [-0.4, -0.2) is 84.7 Å². The van der Waals surface area contributed by atoms with Gasteiger partial charge in [0.2, 0.25) is 0 Å². The van der Waals surface area contributed by atoms with Gasteiger partial charge in [0.25, 0.3) is 0 Å². The number of rotatable bonds is 68. The second-order valence-electron chi connectivity index (χ2n) is 26.9. The van der Waals surface area contributed by atoms with E-state index >= 15 is 0 Å². The van der Waals surface area contributed by atoms with Crippen molar-refractivity contribution in [2.45, 2.75) is 401 Å². The molecule has 0 heterocycles. The molecule has 552 valence electrons. The van der Waals surface area contributed by atoms with Gasteiger partial charge in [0.05, 0.1) is 25.3 Å². The van der Waals surface area contributed by atoms with Crippen molar-refractivity contribution in [3.05, 3.63) is 97.2 Å². The molecule has 0 aliphatic heterocycles. The molecule has 0 spiro atoms. The second-order valence-corrected chi connectivity index (χ2v) is 26.9. The minimum atomic E-state index is -0.0633. The van der Waals surface area contributed by atoms with Crippen LogP contribution in [0.5, 0.6) is 0 Å². The fourth-order valence-corrected chi connectivity index (χ4v) is 11.4. The molecule has 95 heavy (non-hydrogen) atoms. The van der Waals surface area contributed by atoms with Crippen molar-refractivity contribution in [3.8, 4) is 23.7 Å². The number of aliphatic hydroxyl groups is 2. The van der Waals surface area contributed by atoms with Gasteiger partial charge in [-0.3, -0.25) is 9.80 Å². The minimum absolute atomic E-state index is 0.0265. The zero-order valence-corrected chi connectivity index (χ0v) is 65.0. The van der Waals surface area contributed by atoms with Crippen LogP contribution in [0.2, 0.25) is 0 Å². The van der Waals surface area contributed by atoms with E-state index in [-0.39, 0.29) is 12.7 Å². The zero-order chi connectivity index (χ0) is 69.6. The van der Waals surface area contributed by atoms with Gasteiger partial charge in [0.15, 0.2) is 0 Å². The van der Waals surface area contributed by atoms with Crippen molar-refractivity contribution < 1.29 is 14.9 Å². The van der Waals surface area contributed by atoms with E-state index < -0.39 is 0 Å². The molecule has 0 bridgehead atoms. The molecule has 0 saturated heterocycles. The van der Waals surface area contributed by atoms with Crippen LogP contribution >= 0.6 is 0 Å². The molecule has 0 amide bonds. The van der Waals surface area contributed by atoms with Crippen LogP contribution in [0.4, 0.5) is 0 Å². The smallest absolute Gasteiger partial charge is 0.108 e. The van der Waals surface area contributed by atoms with Crippen LogP contribution in [0.3, 0.4) is 0 Å². The van der Waals surface area contributed by atoms with Crippen LogP contribution in [0.15, 0.2) is 97.2 Å². The Balaban J connectivity index is -0.00000158. The molecular weight excluding hydrogens is 1160 g/mol. The first-order chi connectivity index (χ1) is 46.9. The van der Waals surface area contributed by atoms with Crippen molar-refractivity contribution >= 4 is 0 Å². The Labute approximate surface area is 596 Å². The molecule has 0 aliphatic carbocycles. The lowest BCUT2D eigenvalue weighted by Gasteiger charge is -2.17. The maximum atomic E-state index is 10.3. The van der Waals surface area contributed by atoms with Crippen LogP contribution in [0.1, 0.15) is 389 Å². The summed E-state index contributed by atoms with van der Waals surface area (Å²) < 4.78 is 6.32. The Hall–Kier alpha value is -3.16. The highest BCUT2D eigenvalue weighted by atomic mass is 16.5. The number of allylic oxidation sites excluding steroid dienone is 16. The van der Waals surface area contributed by atoms with Gasteiger partial charge in [-0.15, -0.1) is 0 Å². The first kappa shape index (κ1) is 96.0. The van der Waals surface area contributed by atoms with Gasteiger partial charge in [-0.25, -0.2) is 0 Å². The van der Waals surface area contributed by atoms with Gasteiger partial charge in [0.1, 0.15) is 13.2 Å². The summed E-state index contributed by atoms with van der Waals surface area (Å²) in [5, 5.41) is 18.6. The Bertz CT molecular complexity index is 1710. The molecular formula is C90H164N2O3. The summed E-state index contributed by atoms with van der Waals surface area (Å²) in [4.78, 5) is 4.56. The van der Waals surface area contributed by atoms with Crippen molar-refractivity contribution in [1.29, 1.82) is 0 Å². The maximum Gasteiger partial charge on any atom is 0.108 e. The molecule has 0 rings (SSSR count). The highest BCUT2D eigenvalue weighted by molar-refractivity contribution is 5.02. The third kappa shape index (κ3) is 88.8. The average Bonchev–Trinajstić information content (AvgIpc) is 3.74. The van der Waals surface area contributed by atoms with E-state index in [1.165, 1.54) is 295 Å². The Morgan fingerprint density at radius 2 is 0.505 bits per heavy atom. The van der Waals surface area contributed by atoms with Crippen LogP contribution in [0, 0.1) is 23.7 Å². The number of ether oxygens (including phenoxy) is 1. The second kappa shape index (κ2) is 90.8. The van der Waals surface area contributed by atoms with Crippen molar-refractivity contribution in [2.24, 2.45) is 0 Å². The van der Waals surface area contributed by atoms with Gasteiger partial charge in [-0.2, -0.15) is 0 Å². The van der Waals surface area contributed by atoms with Crippen LogP contribution in [-0.2, 0) is 4.74 Å². The van der Waals surface area contributed by atoms with Gasteiger partial charge >= 0.3 is 0 Å². The lowest BCUT2D eigenvalue weighted by molar-refractivity contribution is 0.0606. The molecule has 0 aromatic rings. The van der Waals surface area contributed by atoms with Crippen LogP contribution in [0.25, 0.3) is 0 Å². The third-order valence-electron chi connectivity index (χ3n) is 18.0. The fourth-order valence-electron chi connectivity index (χ4n) is 11.4. The number of unbranched alkanes of at least 4 members (excludes halogenated alkanes) is 36. The van der Waals surface area contributed by atoms with E-state index in [2.05, 4.69) is 186 Å². The molecule has 0 aromatic heterocycles. The van der Waals surface area contributed by atoms with E-state index in [1.807, 2.05) is 0 Å². The standard InChI is InChI=1S/C45H81NO.C37H68O.C8H15NO/c1-5-9-11-13-15-17-19-21-23-25-27-29-31-33-35-37-41-45(47-44-40-39-43-46(7-3)8-4)42-38-36-34-32-30-28-26-24-22-20-18-16-14-12-10-6-2;1-3-5-7-9-11-13-15-17-19-21-23-25-27-29-31-33-35-37(38)36-34-32-30-28-26-24-22-20-18-16-14-12-10-8-6-4-2;1-3-9(4-2)7-5-6-8-10/h15-18,21-24,45H,5-14,19-20,25-38,41-44H2,1-4H3;11-14,17-20,37-38H,3-10,15-16,21-36H2,1-2H3;10H,3-4,7-8H2,1-2H3/b17-15-,18-16-,23-21-,24-22-;13-11-,14-12-,19-17-,20-18-;. The zero-order valence-electron chi connectivity index (χ0n) is 65.0. The Morgan fingerprint density at radius 3 is 0.758 bits per heavy atom. The fraction of sp³-hybridized carbons (Fsp3) is 0.778. The molecule has 5 nitrogen and oxygen atoms in total. The number of nitrogens with zero attached hydrogens (tertiary/aromatic N) is 2. The molecule has 5 heteroatoms. The molecule has 2 N–H and O–H groups in total. The summed E-state index contributed by atoms with van der Waals surface area (Å²) in [6.45, 7) is 24.1. The Kier molecular flexibility index (Phi) is 91.8. The topological polar surface area (TPSA) is 56.2 Å². The maximum absolute atomic E-state index is 10.3. The number of aliphatic hydroxyl groups excluding tert-OH is 2. The lowest BCUT2D eigenvalue weighted by atomic mass is 10.0. The molecule has 0 saturated carbocycles. The Morgan fingerprint density at radius 1 is 0.274 bits per heavy atom. The average molecular weight is 1320 g/mol. The van der Waals surface area contributed by atoms with Crippen LogP contribution < -0.4 is 0 Å². The number of hydrogen-bond donors (Lipinski definition) is 2. The van der Waals surface area contributed by atoms with E-state index in [4.69, 9.17) is 9.84 Å². The highest BCUT2D eigenvalue weighted by Crippen LogP contribution is 2.19. The normalized spacial score (nSPS) is 12.0. The van der Waals surface area contributed by atoms with Gasteiger partial charge in [0, 0.05) is 0 Å². The molecule has 0 atom stereocenters. The number of hydrogen-bond acceptors (Lipinski definition) is 5. The third-order valence-corrected chi connectivity index (χ3v) is 18.0. The summed E-state index contributed by atoms with van der Waals surface area (Å²) in [5.41, 5.74) is 0. The van der Waals surface area contributed by atoms with E-state index in [0.717, 1.165) is 77.8 Å². The molecule has 0 unspecified atom stereocenters. The van der Waals surface area contributed by atoms with E-state index in [1.54, 1.807) is 0 Å². The lowest BCUT2D eigenvalue weighted by Crippen LogP contribution is -2.23. The molecule has 0 aliphatic rings. The first-order valence-electron chi connectivity index (χ1n) is 41.4. The quantitative estimate of drug-likeness (QED) is 0.0361. The highest BCUT2D eigenvalue weighted by Gasteiger charge is 2.09. The summed E-state index contributed by atoms with van der Waals surface area (Å²) in [5.74, 6) is 12.1. The van der Waals surface area contributed by atoms with Gasteiger partial charge in [-0.1, -0.05) is 356 Å². The SMILES string of the molecule is CCCCC/C=C\C/C=C\CCCCCCCCC(CCCCCCCC/C=C\C/C=C\CCCCC)OCC#CCN(CC)CC.CCCCC/C=C\C/C=C\CCCCCCCCC(O)CCCCCCCC/C=C\C/C=C\CCCCC.CCN(CC)CC#CCO. The summed E-state index contributed by atoms with van der Waals surface area (Å²) in [6, 6.07) is 0. The predicted molar refractivity (Wildman–Crippen MR) is 430 cm³/mol. The largest absolute Gasteiger partial charge is 0.393 e. The van der Waals surface area contributed by atoms with E-state index in [9.17, 15) is 5.11 Å². The summed E-state index contributed by atoms with van der Waals surface area (Å²) in [6.07, 6.45) is 105. The van der Waals surface area contributed by atoms with Crippen molar-refractivity contribution in [3.63, 3.8) is 0 Å². The minimum Gasteiger partial charge on any atom is -0.393 e. The van der Waals surface area contributed by atoms with E-state index in [0.29, 0.717) is 12.7 Å². The molecule has 0 radical (unpaired) electrons. The molecule has 0 fully saturated rings. The van der Waals surface area contributed by atoms with Crippen molar-refractivity contribution in [1.82, 2.24) is 9.80 Å². The first-order valence-corrected chi connectivity index (χ1v) is 41.4. The molecule has 0 aromatic carbocycles. The monoisotopic (exact) mass is 1320 g/mol. The summed E-state index contributed by atoms with van der Waals surface area (Å²) >= 11 is 0.